The first-order valence-electron chi connectivity index (χ1n) is 11.5. The van der Waals surface area contributed by atoms with E-state index < -0.39 is 24.0 Å². The second kappa shape index (κ2) is 10.9. The number of ether oxygens (including phenoxy) is 1. The number of piperazine rings is 1. The maximum atomic E-state index is 13.3. The van der Waals surface area contributed by atoms with Crippen molar-refractivity contribution in [2.45, 2.75) is 24.9 Å². The smallest absolute Gasteiger partial charge is 0.321 e. The molecule has 2 aliphatic heterocycles. The van der Waals surface area contributed by atoms with Crippen LogP contribution in [0.5, 0.6) is 5.75 Å². The topological polar surface area (TPSA) is 133 Å². The lowest BCUT2D eigenvalue weighted by Crippen LogP contribution is -2.64. The molecule has 3 N–H and O–H groups in total. The number of hydrogen-bond donors (Lipinski definition) is 3. The minimum Gasteiger partial charge on any atom is -0.497 e. The lowest BCUT2D eigenvalue weighted by Gasteiger charge is -2.41. The van der Waals surface area contributed by atoms with Gasteiger partial charge in [-0.05, 0) is 37.1 Å². The zero-order valence-corrected chi connectivity index (χ0v) is 19.4. The standard InChI is InChI=1S/C24H28N6O5/c1-35-18-7-2-6-17(13-18)27-24(34)29-11-12-30(23(33)16-5-3-9-25-14-16)20(15-29)22(32)28-19-8-4-10-26-21(19)31/h2-3,5-7,9,13-14,19-20H,4,8,10-12,15H2,1H3,(H,26,31)(H,27,34)(H,28,32)/t19-,20+/m0/s1. The Morgan fingerprint density at radius 3 is 2.77 bits per heavy atom. The fourth-order valence-corrected chi connectivity index (χ4v) is 4.17. The van der Waals surface area contributed by atoms with Crippen LogP contribution in [-0.4, -0.2) is 83.9 Å². The van der Waals surface area contributed by atoms with Crippen LogP contribution >= 0.6 is 0 Å². The van der Waals surface area contributed by atoms with Crippen LogP contribution in [0, 0.1) is 0 Å². The molecule has 1 aromatic carbocycles. The van der Waals surface area contributed by atoms with Crippen LogP contribution in [0.25, 0.3) is 0 Å². The van der Waals surface area contributed by atoms with Gasteiger partial charge in [0.25, 0.3) is 5.91 Å². The van der Waals surface area contributed by atoms with Crippen LogP contribution in [0.15, 0.2) is 48.8 Å². The fraction of sp³-hybridized carbons (Fsp3) is 0.375. The molecule has 2 aromatic rings. The van der Waals surface area contributed by atoms with Gasteiger partial charge in [-0.15, -0.1) is 0 Å². The molecule has 2 aliphatic rings. The summed E-state index contributed by atoms with van der Waals surface area (Å²) in [5.41, 5.74) is 0.887. The third-order valence-electron chi connectivity index (χ3n) is 6.06. The van der Waals surface area contributed by atoms with Crippen molar-refractivity contribution in [3.05, 3.63) is 54.4 Å². The Labute approximate surface area is 202 Å². The van der Waals surface area contributed by atoms with Crippen molar-refractivity contribution in [3.8, 4) is 5.75 Å². The van der Waals surface area contributed by atoms with Gasteiger partial charge in [0.1, 0.15) is 17.8 Å². The SMILES string of the molecule is COc1cccc(NC(=O)N2CCN(C(=O)c3cccnc3)[C@@H](C(=O)N[C@H]3CCCNC3=O)C2)c1. The average Bonchev–Trinajstić information content (AvgIpc) is 2.89. The Bertz CT molecular complexity index is 1090. The molecule has 5 amide bonds. The van der Waals surface area contributed by atoms with E-state index in [1.165, 1.54) is 23.1 Å². The van der Waals surface area contributed by atoms with E-state index in [0.717, 1.165) is 6.42 Å². The highest BCUT2D eigenvalue weighted by atomic mass is 16.5. The van der Waals surface area contributed by atoms with Gasteiger partial charge < -0.3 is 30.5 Å². The lowest BCUT2D eigenvalue weighted by atomic mass is 10.0. The van der Waals surface area contributed by atoms with E-state index in [-0.39, 0.29) is 31.4 Å². The van der Waals surface area contributed by atoms with Crippen molar-refractivity contribution in [1.82, 2.24) is 25.4 Å². The predicted molar refractivity (Wildman–Crippen MR) is 127 cm³/mol. The number of methoxy groups -OCH3 is 1. The van der Waals surface area contributed by atoms with Gasteiger partial charge >= 0.3 is 6.03 Å². The molecule has 0 bridgehead atoms. The van der Waals surface area contributed by atoms with Crippen molar-refractivity contribution in [2.75, 3.05) is 38.6 Å². The van der Waals surface area contributed by atoms with E-state index in [1.54, 1.807) is 42.6 Å². The van der Waals surface area contributed by atoms with Gasteiger partial charge in [-0.3, -0.25) is 19.4 Å². The van der Waals surface area contributed by atoms with Gasteiger partial charge in [0.15, 0.2) is 0 Å². The molecule has 0 saturated carbocycles. The number of carbonyl (C=O) groups is 4. The van der Waals surface area contributed by atoms with Crippen LogP contribution in [0.2, 0.25) is 0 Å². The molecule has 0 radical (unpaired) electrons. The van der Waals surface area contributed by atoms with Gasteiger partial charge in [0.2, 0.25) is 11.8 Å². The normalized spacial score (nSPS) is 20.0. The molecular formula is C24H28N6O5. The number of aromatic nitrogens is 1. The van der Waals surface area contributed by atoms with Gasteiger partial charge in [-0.25, -0.2) is 4.79 Å². The third kappa shape index (κ3) is 5.68. The first-order valence-corrected chi connectivity index (χ1v) is 11.5. The molecule has 184 valence electrons. The van der Waals surface area contributed by atoms with E-state index in [2.05, 4.69) is 20.9 Å². The molecule has 0 spiro atoms. The molecule has 0 aliphatic carbocycles. The van der Waals surface area contributed by atoms with Crippen LogP contribution < -0.4 is 20.7 Å². The van der Waals surface area contributed by atoms with E-state index >= 15 is 0 Å². The zero-order valence-electron chi connectivity index (χ0n) is 19.4. The number of urea groups is 1. The summed E-state index contributed by atoms with van der Waals surface area (Å²) in [6, 6.07) is 8.16. The van der Waals surface area contributed by atoms with Crippen molar-refractivity contribution in [1.29, 1.82) is 0 Å². The summed E-state index contributed by atoms with van der Waals surface area (Å²) in [4.78, 5) is 58.6. The largest absolute Gasteiger partial charge is 0.497 e. The van der Waals surface area contributed by atoms with E-state index in [9.17, 15) is 19.2 Å². The molecule has 4 rings (SSSR count). The predicted octanol–water partition coefficient (Wildman–Crippen LogP) is 0.844. The number of nitrogens with zero attached hydrogens (tertiary/aromatic N) is 3. The summed E-state index contributed by atoms with van der Waals surface area (Å²) < 4.78 is 5.19. The number of carbonyl (C=O) groups excluding carboxylic acids is 4. The fourth-order valence-electron chi connectivity index (χ4n) is 4.17. The number of pyridine rings is 1. The summed E-state index contributed by atoms with van der Waals surface area (Å²) in [6.07, 6.45) is 4.26. The van der Waals surface area contributed by atoms with Crippen molar-refractivity contribution < 1.29 is 23.9 Å². The Kier molecular flexibility index (Phi) is 7.44. The van der Waals surface area contributed by atoms with Gasteiger partial charge in [0, 0.05) is 43.8 Å². The molecule has 0 unspecified atom stereocenters. The molecule has 1 aromatic heterocycles. The van der Waals surface area contributed by atoms with Crippen molar-refractivity contribution >= 4 is 29.4 Å². The molecule has 35 heavy (non-hydrogen) atoms. The highest BCUT2D eigenvalue weighted by Gasteiger charge is 2.39. The molecular weight excluding hydrogens is 452 g/mol. The third-order valence-corrected chi connectivity index (χ3v) is 6.06. The number of amides is 5. The Balaban J connectivity index is 1.51. The maximum absolute atomic E-state index is 13.3. The van der Waals surface area contributed by atoms with Crippen LogP contribution in [0.4, 0.5) is 10.5 Å². The summed E-state index contributed by atoms with van der Waals surface area (Å²) in [5, 5.41) is 8.31. The van der Waals surface area contributed by atoms with Crippen LogP contribution in [0.1, 0.15) is 23.2 Å². The van der Waals surface area contributed by atoms with Gasteiger partial charge in [-0.1, -0.05) is 6.07 Å². The number of anilines is 1. The molecule has 2 saturated heterocycles. The minimum absolute atomic E-state index is 0.0258. The molecule has 2 atom stereocenters. The summed E-state index contributed by atoms with van der Waals surface area (Å²) in [7, 11) is 1.54. The van der Waals surface area contributed by atoms with Crippen LogP contribution in [-0.2, 0) is 9.59 Å². The Morgan fingerprint density at radius 2 is 2.03 bits per heavy atom. The van der Waals surface area contributed by atoms with Gasteiger partial charge in [-0.2, -0.15) is 0 Å². The second-order valence-electron chi connectivity index (χ2n) is 8.36. The lowest BCUT2D eigenvalue weighted by molar-refractivity contribution is -0.133. The summed E-state index contributed by atoms with van der Waals surface area (Å²) in [5.74, 6) is -0.502. The first kappa shape index (κ1) is 24.0. The van der Waals surface area contributed by atoms with E-state index in [1.807, 2.05) is 0 Å². The number of benzene rings is 1. The van der Waals surface area contributed by atoms with E-state index in [4.69, 9.17) is 4.74 Å². The van der Waals surface area contributed by atoms with E-state index in [0.29, 0.717) is 30.0 Å². The number of rotatable bonds is 5. The molecule has 2 fully saturated rings. The van der Waals surface area contributed by atoms with Gasteiger partial charge in [0.05, 0.1) is 19.2 Å². The Morgan fingerprint density at radius 1 is 1.17 bits per heavy atom. The summed E-state index contributed by atoms with van der Waals surface area (Å²) in [6.45, 7) is 0.921. The highest BCUT2D eigenvalue weighted by Crippen LogP contribution is 2.19. The highest BCUT2D eigenvalue weighted by molar-refractivity contribution is 5.99. The minimum atomic E-state index is -0.970. The second-order valence-corrected chi connectivity index (χ2v) is 8.36. The van der Waals surface area contributed by atoms with Crippen molar-refractivity contribution in [3.63, 3.8) is 0 Å². The average molecular weight is 481 g/mol. The quantitative estimate of drug-likeness (QED) is 0.581. The Hall–Kier alpha value is -4.15. The number of nitrogens with one attached hydrogen (secondary N) is 3. The van der Waals surface area contributed by atoms with Crippen molar-refractivity contribution in [2.24, 2.45) is 0 Å². The molecule has 11 heteroatoms. The zero-order chi connectivity index (χ0) is 24.8. The number of hydrogen-bond acceptors (Lipinski definition) is 6. The maximum Gasteiger partial charge on any atom is 0.321 e. The monoisotopic (exact) mass is 480 g/mol. The van der Waals surface area contributed by atoms with Crippen LogP contribution in [0.3, 0.4) is 0 Å². The molecule has 3 heterocycles. The number of piperidine rings is 1. The first-order chi connectivity index (χ1) is 17.0. The summed E-state index contributed by atoms with van der Waals surface area (Å²) >= 11 is 0. The molecule has 11 nitrogen and oxygen atoms in total.